The van der Waals surface area contributed by atoms with Crippen LogP contribution in [0.15, 0.2) is 11.6 Å². The van der Waals surface area contributed by atoms with Gasteiger partial charge in [-0.2, -0.15) is 0 Å². The highest BCUT2D eigenvalue weighted by atomic mass is 16.8. The number of esters is 1. The number of carbonyl (C=O) groups is 1. The van der Waals surface area contributed by atoms with Gasteiger partial charge in [-0.1, -0.05) is 53.2 Å². The third-order valence-corrected chi connectivity index (χ3v) is 19.6. The van der Waals surface area contributed by atoms with Crippen molar-refractivity contribution in [3.63, 3.8) is 0 Å². The third-order valence-electron chi connectivity index (χ3n) is 19.6. The Morgan fingerprint density at radius 3 is 2.04 bits per heavy atom. The SMILES string of the molecule is C[C@@H]1[C@H]2C3=CC[C@@H]4[C@@]5(C)C[C@@H](O)[C@H](O)[C@@](C)(CO)[C@@H]5CC[C@@]4(C)[C@]3(C)CC[C@H]2[C@H](C(=O)O[C@@H]2O[C@H](CO[C@@H]3O[C@H](CO)[C@@H](O[C@@H]4O[C@H](C)[C@H](O)[C@@H](O)[C@H]4O)[C@H](O)[C@H]3O)[C@@H](O)[C@H](O)[C@H]2O)C[C@H]1C. The summed E-state index contributed by atoms with van der Waals surface area (Å²) in [5.74, 6) is -0.685. The normalized spacial score (nSPS) is 56.7. The van der Waals surface area contributed by atoms with Gasteiger partial charge in [-0.05, 0) is 104 Å². The summed E-state index contributed by atoms with van der Waals surface area (Å²) in [5.41, 5.74) is -0.206. The fraction of sp³-hybridized carbons (Fsp3) is 0.938. The molecule has 0 radical (unpaired) electrons. The Morgan fingerprint density at radius 2 is 1.37 bits per heavy atom. The number of aliphatic hydroxyl groups excluding tert-OH is 12. The van der Waals surface area contributed by atoms with E-state index in [1.54, 1.807) is 0 Å². The Balaban J connectivity index is 0.945. The van der Waals surface area contributed by atoms with E-state index >= 15 is 0 Å². The second-order valence-corrected chi connectivity index (χ2v) is 22.9. The number of hydrogen-bond acceptors (Lipinski definition) is 19. The van der Waals surface area contributed by atoms with Gasteiger partial charge in [-0.25, -0.2) is 0 Å². The molecule has 0 amide bonds. The van der Waals surface area contributed by atoms with Crippen molar-refractivity contribution in [2.24, 2.45) is 63.1 Å². The molecule has 12 N–H and O–H groups in total. The average Bonchev–Trinajstić information content (AvgIpc) is 3.29. The lowest BCUT2D eigenvalue weighted by Crippen LogP contribution is -2.67. The van der Waals surface area contributed by atoms with Gasteiger partial charge in [0.25, 0.3) is 0 Å². The van der Waals surface area contributed by atoms with Crippen molar-refractivity contribution in [2.75, 3.05) is 19.8 Å². The van der Waals surface area contributed by atoms with Crippen LogP contribution in [0.5, 0.6) is 0 Å². The van der Waals surface area contributed by atoms with E-state index in [4.69, 9.17) is 28.4 Å². The van der Waals surface area contributed by atoms with Gasteiger partial charge >= 0.3 is 5.97 Å². The van der Waals surface area contributed by atoms with Crippen molar-refractivity contribution in [2.45, 2.75) is 198 Å². The van der Waals surface area contributed by atoms with Gasteiger partial charge in [0.15, 0.2) is 12.6 Å². The van der Waals surface area contributed by atoms with E-state index in [-0.39, 0.29) is 58.4 Å². The van der Waals surface area contributed by atoms with Gasteiger partial charge in [-0.15, -0.1) is 0 Å². The van der Waals surface area contributed by atoms with Crippen molar-refractivity contribution < 1.29 is 94.5 Å². The van der Waals surface area contributed by atoms with E-state index in [1.165, 1.54) is 12.5 Å². The van der Waals surface area contributed by atoms with Crippen LogP contribution in [0.2, 0.25) is 0 Å². The Hall–Kier alpha value is -1.47. The maximum Gasteiger partial charge on any atom is 0.311 e. The Morgan fingerprint density at radius 1 is 0.731 bits per heavy atom. The van der Waals surface area contributed by atoms with Crippen molar-refractivity contribution >= 4 is 5.97 Å². The van der Waals surface area contributed by atoms with Crippen molar-refractivity contribution in [1.29, 1.82) is 0 Å². The Bertz CT molecular complexity index is 1800. The quantitative estimate of drug-likeness (QED) is 0.0957. The molecule has 0 aromatic carbocycles. The predicted octanol–water partition coefficient (Wildman–Crippen LogP) is -1.18. The zero-order valence-electron chi connectivity index (χ0n) is 39.7. The van der Waals surface area contributed by atoms with E-state index in [0.29, 0.717) is 12.8 Å². The minimum absolute atomic E-state index is 0.0243. The lowest BCUT2D eigenvalue weighted by molar-refractivity contribution is -0.361. The Kier molecular flexibility index (Phi) is 14.6. The molecule has 384 valence electrons. The molecule has 8 aliphatic rings. The third kappa shape index (κ3) is 8.19. The summed E-state index contributed by atoms with van der Waals surface area (Å²) in [6, 6.07) is 0. The van der Waals surface area contributed by atoms with Crippen molar-refractivity contribution in [3.8, 4) is 0 Å². The number of fused-ring (bicyclic) bond motifs is 7. The molecule has 0 aromatic heterocycles. The standard InChI is InChI=1S/C48H78O19/c1-19-14-23(22-10-12-47(6)24(30(22)20(19)2)8-9-29-45(4)15-25(51)40(60)46(5,18-50)28(45)11-13-48(29,47)7)41(61)67-44-37(58)34(55)32(53)27(65-44)17-62-42-38(59)35(56)39(26(16-49)64-42)66-43-36(57)33(54)31(52)21(3)63-43/h8,19-23,25-40,42-44,49-60H,9-18H2,1-7H3/t19-,20+,21-,22+,23-,25-,26-,27-,28-,29-,30-,31+,32-,33-,34+,35-,36-,37-,38-,39-,40+,42-,43+,44+,45+,46+,47-,48-/m1/s1. The topological polar surface area (TPSA) is 315 Å². The first-order valence-electron chi connectivity index (χ1n) is 24.6. The summed E-state index contributed by atoms with van der Waals surface area (Å²) in [6.45, 7) is 13.1. The molecule has 8 rings (SSSR count). The number of rotatable bonds is 9. The minimum atomic E-state index is -1.85. The van der Waals surface area contributed by atoms with Crippen LogP contribution in [-0.4, -0.2) is 191 Å². The fourth-order valence-corrected chi connectivity index (χ4v) is 15.2. The highest BCUT2D eigenvalue weighted by Gasteiger charge is 2.69. The molecule has 28 atom stereocenters. The molecule has 4 saturated carbocycles. The molecule has 3 heterocycles. The molecule has 5 aliphatic carbocycles. The number of carbonyl (C=O) groups excluding carboxylic acids is 1. The molecule has 67 heavy (non-hydrogen) atoms. The smallest absolute Gasteiger partial charge is 0.311 e. The van der Waals surface area contributed by atoms with E-state index < -0.39 is 135 Å². The van der Waals surface area contributed by atoms with E-state index in [1.807, 2.05) is 6.92 Å². The van der Waals surface area contributed by atoms with Gasteiger partial charge in [0.2, 0.25) is 6.29 Å². The number of hydrogen-bond donors (Lipinski definition) is 12. The summed E-state index contributed by atoms with van der Waals surface area (Å²) >= 11 is 0. The number of aliphatic hydroxyl groups is 12. The van der Waals surface area contributed by atoms with E-state index in [2.05, 4.69) is 40.7 Å². The summed E-state index contributed by atoms with van der Waals surface area (Å²) in [7, 11) is 0. The van der Waals surface area contributed by atoms with Crippen molar-refractivity contribution in [3.05, 3.63) is 11.6 Å². The largest absolute Gasteiger partial charge is 0.432 e. The zero-order valence-corrected chi connectivity index (χ0v) is 39.7. The fourth-order valence-electron chi connectivity index (χ4n) is 15.2. The lowest BCUT2D eigenvalue weighted by atomic mass is 9.34. The molecule has 19 heteroatoms. The van der Waals surface area contributed by atoms with E-state index in [9.17, 15) is 66.1 Å². The lowest BCUT2D eigenvalue weighted by Gasteiger charge is -2.71. The van der Waals surface area contributed by atoms with Gasteiger partial charge in [0.05, 0.1) is 44.1 Å². The molecule has 0 bridgehead atoms. The number of ether oxygens (including phenoxy) is 6. The second kappa shape index (κ2) is 18.9. The Labute approximate surface area is 392 Å². The van der Waals surface area contributed by atoms with E-state index in [0.717, 1.165) is 32.1 Å². The summed E-state index contributed by atoms with van der Waals surface area (Å²) in [6.07, 6.45) is -18.8. The summed E-state index contributed by atoms with van der Waals surface area (Å²) in [5, 5.41) is 129. The van der Waals surface area contributed by atoms with Crippen LogP contribution in [0.25, 0.3) is 0 Å². The van der Waals surface area contributed by atoms with Crippen LogP contribution in [-0.2, 0) is 33.2 Å². The van der Waals surface area contributed by atoms with Gasteiger partial charge in [0, 0.05) is 5.41 Å². The molecule has 7 fully saturated rings. The molecule has 0 spiro atoms. The first-order valence-corrected chi connectivity index (χ1v) is 24.6. The molecule has 0 aromatic rings. The average molecular weight is 959 g/mol. The van der Waals surface area contributed by atoms with Gasteiger partial charge < -0.3 is 89.7 Å². The van der Waals surface area contributed by atoms with Crippen LogP contribution in [0.1, 0.15) is 93.4 Å². The molecular weight excluding hydrogens is 881 g/mol. The highest BCUT2D eigenvalue weighted by Crippen LogP contribution is 2.74. The van der Waals surface area contributed by atoms with Gasteiger partial charge in [0.1, 0.15) is 67.1 Å². The van der Waals surface area contributed by atoms with Crippen LogP contribution in [0.4, 0.5) is 0 Å². The van der Waals surface area contributed by atoms with Crippen LogP contribution < -0.4 is 0 Å². The van der Waals surface area contributed by atoms with Crippen LogP contribution >= 0.6 is 0 Å². The van der Waals surface area contributed by atoms with Gasteiger partial charge in [-0.3, -0.25) is 4.79 Å². The molecule has 3 aliphatic heterocycles. The second-order valence-electron chi connectivity index (χ2n) is 22.9. The zero-order chi connectivity index (χ0) is 49.0. The first-order chi connectivity index (χ1) is 31.4. The molecule has 19 nitrogen and oxygen atoms in total. The first kappa shape index (κ1) is 51.9. The molecule has 0 unspecified atom stereocenters. The van der Waals surface area contributed by atoms with Crippen molar-refractivity contribution in [1.82, 2.24) is 0 Å². The maximum atomic E-state index is 14.5. The highest BCUT2D eigenvalue weighted by molar-refractivity contribution is 5.73. The van der Waals surface area contributed by atoms with Crippen LogP contribution in [0.3, 0.4) is 0 Å². The summed E-state index contributed by atoms with van der Waals surface area (Å²) in [4.78, 5) is 14.5. The molecular formula is C48H78O19. The minimum Gasteiger partial charge on any atom is -0.432 e. The predicted molar refractivity (Wildman–Crippen MR) is 231 cm³/mol. The monoisotopic (exact) mass is 959 g/mol. The molecule has 3 saturated heterocycles. The maximum absolute atomic E-state index is 14.5. The van der Waals surface area contributed by atoms with Crippen LogP contribution in [0, 0.1) is 63.1 Å². The number of allylic oxidation sites excluding steroid dienone is 2. The summed E-state index contributed by atoms with van der Waals surface area (Å²) < 4.78 is 34.4.